The Morgan fingerprint density at radius 2 is 2.00 bits per heavy atom. The molecule has 1 aliphatic rings. The molecule has 1 fully saturated rings. The molecule has 1 rings (SSSR count). The zero-order valence-electron chi connectivity index (χ0n) is 7.75. The molecule has 0 saturated carbocycles. The van der Waals surface area contributed by atoms with E-state index in [2.05, 4.69) is 0 Å². The Morgan fingerprint density at radius 1 is 1.38 bits per heavy atom. The van der Waals surface area contributed by atoms with Crippen LogP contribution in [0.5, 0.6) is 0 Å². The second-order valence-corrected chi connectivity index (χ2v) is 3.39. The van der Waals surface area contributed by atoms with Crippen LogP contribution in [0.1, 0.15) is 13.8 Å². The zero-order chi connectivity index (χ0) is 10.0. The van der Waals surface area contributed by atoms with E-state index in [1.165, 1.54) is 0 Å². The summed E-state index contributed by atoms with van der Waals surface area (Å²) in [5.41, 5.74) is 0. The van der Waals surface area contributed by atoms with E-state index in [-0.39, 0.29) is 12.7 Å². The summed E-state index contributed by atoms with van der Waals surface area (Å²) >= 11 is 0. The first-order chi connectivity index (χ1) is 6.06. The van der Waals surface area contributed by atoms with Gasteiger partial charge in [0.1, 0.15) is 18.3 Å². The van der Waals surface area contributed by atoms with Crippen molar-refractivity contribution in [3.8, 4) is 0 Å². The van der Waals surface area contributed by atoms with Gasteiger partial charge < -0.3 is 24.8 Å². The van der Waals surface area contributed by atoms with Gasteiger partial charge in [0.15, 0.2) is 6.29 Å². The third-order valence-corrected chi connectivity index (χ3v) is 1.92. The summed E-state index contributed by atoms with van der Waals surface area (Å²) < 4.78 is 10.1. The normalized spacial score (nSPS) is 40.2. The SMILES string of the molecule is CC(C)O[C@H]1C(O)O[C@H](CO)[C@H]1O. The highest BCUT2D eigenvalue weighted by Gasteiger charge is 2.43. The molecular formula is C8H16O5. The van der Waals surface area contributed by atoms with Crippen LogP contribution in [0.25, 0.3) is 0 Å². The lowest BCUT2D eigenvalue weighted by molar-refractivity contribution is -0.156. The highest BCUT2D eigenvalue weighted by Crippen LogP contribution is 2.23. The van der Waals surface area contributed by atoms with Crippen LogP contribution in [0, 0.1) is 0 Å². The molecular weight excluding hydrogens is 176 g/mol. The van der Waals surface area contributed by atoms with Crippen LogP contribution in [0.2, 0.25) is 0 Å². The van der Waals surface area contributed by atoms with Gasteiger partial charge in [-0.3, -0.25) is 0 Å². The van der Waals surface area contributed by atoms with Gasteiger partial charge in [-0.05, 0) is 13.8 Å². The standard InChI is InChI=1S/C8H16O5/c1-4(2)12-7-6(10)5(3-9)13-8(7)11/h4-11H,3H2,1-2H3/t5-,6-,7-,8?/m1/s1. The van der Waals surface area contributed by atoms with Crippen LogP contribution in [0.4, 0.5) is 0 Å². The average Bonchev–Trinajstić information content (AvgIpc) is 2.31. The first-order valence-corrected chi connectivity index (χ1v) is 4.34. The summed E-state index contributed by atoms with van der Waals surface area (Å²) in [6, 6.07) is 0. The Kier molecular flexibility index (Phi) is 3.63. The molecule has 0 aromatic heterocycles. The highest BCUT2D eigenvalue weighted by atomic mass is 16.7. The maximum absolute atomic E-state index is 9.50. The topological polar surface area (TPSA) is 79.2 Å². The number of rotatable bonds is 3. The lowest BCUT2D eigenvalue weighted by Crippen LogP contribution is -2.37. The molecule has 0 aromatic rings. The second kappa shape index (κ2) is 4.34. The summed E-state index contributed by atoms with van der Waals surface area (Å²) in [6.45, 7) is 3.27. The second-order valence-electron chi connectivity index (χ2n) is 3.39. The predicted molar refractivity (Wildman–Crippen MR) is 44.0 cm³/mol. The Hall–Kier alpha value is -0.200. The first kappa shape index (κ1) is 10.9. The summed E-state index contributed by atoms with van der Waals surface area (Å²) in [7, 11) is 0. The van der Waals surface area contributed by atoms with Gasteiger partial charge in [-0.15, -0.1) is 0 Å². The largest absolute Gasteiger partial charge is 0.394 e. The number of hydrogen-bond donors (Lipinski definition) is 3. The van der Waals surface area contributed by atoms with E-state index in [9.17, 15) is 10.2 Å². The molecule has 0 radical (unpaired) electrons. The molecule has 0 aromatic carbocycles. The third kappa shape index (κ3) is 2.38. The summed E-state index contributed by atoms with van der Waals surface area (Å²) in [6.07, 6.45) is -3.75. The molecule has 0 spiro atoms. The first-order valence-electron chi connectivity index (χ1n) is 4.34. The molecule has 78 valence electrons. The zero-order valence-corrected chi connectivity index (χ0v) is 7.75. The van der Waals surface area contributed by atoms with Crippen molar-refractivity contribution in [2.24, 2.45) is 0 Å². The summed E-state index contributed by atoms with van der Waals surface area (Å²) in [5, 5.41) is 27.5. The van der Waals surface area contributed by atoms with Crippen molar-refractivity contribution in [1.82, 2.24) is 0 Å². The Balaban J connectivity index is 2.53. The molecule has 1 heterocycles. The van der Waals surface area contributed by atoms with Gasteiger partial charge in [-0.25, -0.2) is 0 Å². The predicted octanol–water partition coefficient (Wildman–Crippen LogP) is -1.15. The number of ether oxygens (including phenoxy) is 2. The smallest absolute Gasteiger partial charge is 0.184 e. The molecule has 1 aliphatic heterocycles. The van der Waals surface area contributed by atoms with Crippen LogP contribution in [-0.4, -0.2) is 52.6 Å². The third-order valence-electron chi connectivity index (χ3n) is 1.92. The van der Waals surface area contributed by atoms with E-state index in [0.29, 0.717) is 0 Å². The van der Waals surface area contributed by atoms with E-state index in [1.807, 2.05) is 0 Å². The molecule has 0 amide bonds. The van der Waals surface area contributed by atoms with E-state index < -0.39 is 24.6 Å². The average molecular weight is 192 g/mol. The van der Waals surface area contributed by atoms with Crippen molar-refractivity contribution in [2.45, 2.75) is 44.6 Å². The fourth-order valence-electron chi connectivity index (χ4n) is 1.33. The lowest BCUT2D eigenvalue weighted by atomic mass is 10.1. The monoisotopic (exact) mass is 192 g/mol. The highest BCUT2D eigenvalue weighted by molar-refractivity contribution is 4.87. The van der Waals surface area contributed by atoms with Crippen molar-refractivity contribution in [1.29, 1.82) is 0 Å². The molecule has 5 nitrogen and oxygen atoms in total. The van der Waals surface area contributed by atoms with E-state index in [4.69, 9.17) is 14.6 Å². The summed E-state index contributed by atoms with van der Waals surface area (Å²) in [4.78, 5) is 0. The van der Waals surface area contributed by atoms with Crippen LogP contribution < -0.4 is 0 Å². The molecule has 5 heteroatoms. The Morgan fingerprint density at radius 3 is 2.38 bits per heavy atom. The molecule has 3 N–H and O–H groups in total. The number of aliphatic hydroxyl groups excluding tert-OH is 3. The fourth-order valence-corrected chi connectivity index (χ4v) is 1.33. The van der Waals surface area contributed by atoms with Crippen LogP contribution in [0.15, 0.2) is 0 Å². The van der Waals surface area contributed by atoms with Gasteiger partial charge >= 0.3 is 0 Å². The minimum atomic E-state index is -1.16. The van der Waals surface area contributed by atoms with Crippen molar-refractivity contribution >= 4 is 0 Å². The molecule has 0 bridgehead atoms. The molecule has 0 aliphatic carbocycles. The molecule has 13 heavy (non-hydrogen) atoms. The minimum absolute atomic E-state index is 0.102. The van der Waals surface area contributed by atoms with Crippen LogP contribution in [-0.2, 0) is 9.47 Å². The van der Waals surface area contributed by atoms with E-state index in [1.54, 1.807) is 13.8 Å². The Bertz CT molecular complexity index is 161. The van der Waals surface area contributed by atoms with Gasteiger partial charge in [0.05, 0.1) is 12.7 Å². The number of hydrogen-bond acceptors (Lipinski definition) is 5. The van der Waals surface area contributed by atoms with Crippen molar-refractivity contribution in [3.05, 3.63) is 0 Å². The maximum Gasteiger partial charge on any atom is 0.184 e. The quantitative estimate of drug-likeness (QED) is 0.526. The van der Waals surface area contributed by atoms with E-state index in [0.717, 1.165) is 0 Å². The van der Waals surface area contributed by atoms with Crippen molar-refractivity contribution in [2.75, 3.05) is 6.61 Å². The van der Waals surface area contributed by atoms with Gasteiger partial charge in [0, 0.05) is 0 Å². The lowest BCUT2D eigenvalue weighted by Gasteiger charge is -2.20. The molecule has 1 unspecified atom stereocenters. The van der Waals surface area contributed by atoms with Gasteiger partial charge in [0.2, 0.25) is 0 Å². The van der Waals surface area contributed by atoms with Crippen molar-refractivity contribution < 1.29 is 24.8 Å². The van der Waals surface area contributed by atoms with Crippen LogP contribution in [0.3, 0.4) is 0 Å². The number of aliphatic hydroxyl groups is 3. The molecule has 4 atom stereocenters. The minimum Gasteiger partial charge on any atom is -0.394 e. The van der Waals surface area contributed by atoms with Gasteiger partial charge in [-0.2, -0.15) is 0 Å². The van der Waals surface area contributed by atoms with Gasteiger partial charge in [-0.1, -0.05) is 0 Å². The van der Waals surface area contributed by atoms with Crippen molar-refractivity contribution in [3.63, 3.8) is 0 Å². The van der Waals surface area contributed by atoms with Gasteiger partial charge in [0.25, 0.3) is 0 Å². The maximum atomic E-state index is 9.50. The van der Waals surface area contributed by atoms with Crippen LogP contribution >= 0.6 is 0 Å². The van der Waals surface area contributed by atoms with E-state index >= 15 is 0 Å². The Labute approximate surface area is 76.9 Å². The summed E-state index contributed by atoms with van der Waals surface area (Å²) in [5.74, 6) is 0. The molecule has 1 saturated heterocycles. The fraction of sp³-hybridized carbons (Fsp3) is 1.00.